The summed E-state index contributed by atoms with van der Waals surface area (Å²) < 4.78 is 5.46. The Kier molecular flexibility index (Phi) is 4.24. The predicted molar refractivity (Wildman–Crippen MR) is 88.3 cm³/mol. The third kappa shape index (κ3) is 2.90. The Morgan fingerprint density at radius 2 is 2.14 bits per heavy atom. The molecular weight excluding hydrogens is 296 g/mol. The molecule has 0 radical (unpaired) electrons. The Labute approximate surface area is 134 Å². The van der Waals surface area contributed by atoms with Crippen LogP contribution >= 0.6 is 11.3 Å². The second-order valence-corrected chi connectivity index (χ2v) is 6.08. The van der Waals surface area contributed by atoms with E-state index in [2.05, 4.69) is 11.2 Å². The smallest absolute Gasteiger partial charge is 0.240 e. The van der Waals surface area contributed by atoms with E-state index in [0.717, 1.165) is 23.4 Å². The summed E-state index contributed by atoms with van der Waals surface area (Å²) in [5.74, 6) is 0.822. The van der Waals surface area contributed by atoms with Crippen LogP contribution in [0.3, 0.4) is 0 Å². The molecule has 1 aliphatic rings. The first-order valence-electron chi connectivity index (χ1n) is 7.33. The number of carbonyl (C=O) groups is 1. The van der Waals surface area contributed by atoms with E-state index in [0.29, 0.717) is 6.61 Å². The fourth-order valence-electron chi connectivity index (χ4n) is 2.59. The maximum absolute atomic E-state index is 11.9. The molecular formula is C17H18N2O2S. The van der Waals surface area contributed by atoms with E-state index < -0.39 is 0 Å². The lowest BCUT2D eigenvalue weighted by molar-refractivity contribution is -0.130. The summed E-state index contributed by atoms with van der Waals surface area (Å²) in [4.78, 5) is 13.0. The summed E-state index contributed by atoms with van der Waals surface area (Å²) in [5, 5.41) is 8.16. The van der Waals surface area contributed by atoms with Gasteiger partial charge in [0.2, 0.25) is 5.91 Å². The van der Waals surface area contributed by atoms with Gasteiger partial charge in [0.25, 0.3) is 0 Å². The highest BCUT2D eigenvalue weighted by Gasteiger charge is 2.31. The Hall–Kier alpha value is -2.14. The van der Waals surface area contributed by atoms with Gasteiger partial charge >= 0.3 is 0 Å². The lowest BCUT2D eigenvalue weighted by Crippen LogP contribution is -2.23. The summed E-state index contributed by atoms with van der Waals surface area (Å²) in [5.41, 5.74) is 1.98. The Morgan fingerprint density at radius 1 is 1.36 bits per heavy atom. The normalized spacial score (nSPS) is 17.5. The lowest BCUT2D eigenvalue weighted by atomic mass is 10.0. The molecule has 22 heavy (non-hydrogen) atoms. The number of thiophene rings is 1. The Bertz CT molecular complexity index is 677. The van der Waals surface area contributed by atoms with Crippen molar-refractivity contribution >= 4 is 23.0 Å². The van der Waals surface area contributed by atoms with Crippen molar-refractivity contribution in [3.8, 4) is 5.75 Å². The number of amides is 1. The molecule has 0 fully saturated rings. The average molecular weight is 314 g/mol. The van der Waals surface area contributed by atoms with E-state index >= 15 is 0 Å². The molecule has 1 atom stereocenters. The zero-order chi connectivity index (χ0) is 15.5. The number of benzene rings is 1. The van der Waals surface area contributed by atoms with E-state index in [9.17, 15) is 4.79 Å². The second-order valence-electron chi connectivity index (χ2n) is 5.10. The minimum Gasteiger partial charge on any atom is -0.494 e. The van der Waals surface area contributed by atoms with Gasteiger partial charge in [-0.25, -0.2) is 5.01 Å². The van der Waals surface area contributed by atoms with Crippen LogP contribution in [-0.2, 0) is 4.79 Å². The van der Waals surface area contributed by atoms with Crippen molar-refractivity contribution in [3.63, 3.8) is 0 Å². The molecule has 1 aromatic carbocycles. The minimum absolute atomic E-state index is 0.0130. The second kappa shape index (κ2) is 6.32. The number of hydrazone groups is 1. The third-order valence-corrected chi connectivity index (χ3v) is 4.58. The van der Waals surface area contributed by atoms with Crippen LogP contribution < -0.4 is 4.74 Å². The molecule has 1 aliphatic heterocycles. The van der Waals surface area contributed by atoms with Crippen molar-refractivity contribution in [1.82, 2.24) is 5.01 Å². The van der Waals surface area contributed by atoms with E-state index in [1.165, 1.54) is 4.88 Å². The van der Waals surface area contributed by atoms with Crippen molar-refractivity contribution in [2.75, 3.05) is 6.61 Å². The van der Waals surface area contributed by atoms with Gasteiger partial charge in [0.1, 0.15) is 5.75 Å². The van der Waals surface area contributed by atoms with Gasteiger partial charge in [-0.2, -0.15) is 5.10 Å². The molecule has 2 aromatic rings. The molecule has 1 aromatic heterocycles. The van der Waals surface area contributed by atoms with Gasteiger partial charge in [-0.1, -0.05) is 6.07 Å². The van der Waals surface area contributed by atoms with Gasteiger partial charge in [0.15, 0.2) is 0 Å². The highest BCUT2D eigenvalue weighted by atomic mass is 32.1. The van der Waals surface area contributed by atoms with E-state index in [1.807, 2.05) is 42.6 Å². The Morgan fingerprint density at radius 3 is 2.73 bits per heavy atom. The van der Waals surface area contributed by atoms with Gasteiger partial charge < -0.3 is 4.74 Å². The molecule has 0 bridgehead atoms. The average Bonchev–Trinajstić information content (AvgIpc) is 3.17. The van der Waals surface area contributed by atoms with Gasteiger partial charge in [-0.05, 0) is 48.2 Å². The largest absolute Gasteiger partial charge is 0.494 e. The minimum atomic E-state index is -0.0284. The first kappa shape index (κ1) is 14.8. The maximum Gasteiger partial charge on any atom is 0.240 e. The highest BCUT2D eigenvalue weighted by molar-refractivity contribution is 7.10. The van der Waals surface area contributed by atoms with Crippen LogP contribution in [-0.4, -0.2) is 23.2 Å². The first-order chi connectivity index (χ1) is 10.7. The monoisotopic (exact) mass is 314 g/mol. The molecule has 1 amide bonds. The van der Waals surface area contributed by atoms with Crippen molar-refractivity contribution < 1.29 is 9.53 Å². The molecule has 0 saturated carbocycles. The lowest BCUT2D eigenvalue weighted by Gasteiger charge is -2.18. The molecule has 0 saturated heterocycles. The van der Waals surface area contributed by atoms with E-state index in [4.69, 9.17) is 4.74 Å². The zero-order valence-electron chi connectivity index (χ0n) is 12.7. The number of hydrogen-bond acceptors (Lipinski definition) is 4. The predicted octanol–water partition coefficient (Wildman–Crippen LogP) is 3.84. The summed E-state index contributed by atoms with van der Waals surface area (Å²) in [6.45, 7) is 4.18. The van der Waals surface area contributed by atoms with Gasteiger partial charge in [0.05, 0.1) is 18.4 Å². The maximum atomic E-state index is 11.9. The molecule has 0 aliphatic carbocycles. The standard InChI is InChI=1S/C17H18N2O2S/c1-3-21-14-8-6-13(7-9-14)15-11-16(17-5-4-10-22-17)19(18-15)12(2)20/h4-10,16H,3,11H2,1-2H3/t16-/m0/s1. The van der Waals surface area contributed by atoms with Crippen molar-refractivity contribution in [1.29, 1.82) is 0 Å². The summed E-state index contributed by atoms with van der Waals surface area (Å²) in [7, 11) is 0. The van der Waals surface area contributed by atoms with E-state index in [-0.39, 0.29) is 11.9 Å². The van der Waals surface area contributed by atoms with Crippen LogP contribution in [0.15, 0.2) is 46.9 Å². The molecule has 0 spiro atoms. The zero-order valence-corrected chi connectivity index (χ0v) is 13.5. The topological polar surface area (TPSA) is 41.9 Å². The molecule has 5 heteroatoms. The first-order valence-corrected chi connectivity index (χ1v) is 8.21. The third-order valence-electron chi connectivity index (χ3n) is 3.60. The van der Waals surface area contributed by atoms with Crippen molar-refractivity contribution in [2.45, 2.75) is 26.3 Å². The van der Waals surface area contributed by atoms with Crippen LogP contribution in [0, 0.1) is 0 Å². The molecule has 114 valence electrons. The fourth-order valence-corrected chi connectivity index (χ4v) is 3.40. The SMILES string of the molecule is CCOc1ccc(C2=NN(C(C)=O)[C@H](c3cccs3)C2)cc1. The summed E-state index contributed by atoms with van der Waals surface area (Å²) in [6, 6.07) is 12.0. The van der Waals surface area contributed by atoms with Crippen molar-refractivity contribution in [2.24, 2.45) is 5.10 Å². The number of ether oxygens (including phenoxy) is 1. The quantitative estimate of drug-likeness (QED) is 0.860. The van der Waals surface area contributed by atoms with Crippen LogP contribution in [0.25, 0.3) is 0 Å². The molecule has 0 N–H and O–H groups in total. The summed E-state index contributed by atoms with van der Waals surface area (Å²) in [6.07, 6.45) is 0.744. The van der Waals surface area contributed by atoms with Crippen LogP contribution in [0.2, 0.25) is 0 Å². The van der Waals surface area contributed by atoms with Crippen molar-refractivity contribution in [3.05, 3.63) is 52.2 Å². The number of rotatable bonds is 4. The number of nitrogens with zero attached hydrogens (tertiary/aromatic N) is 2. The molecule has 3 rings (SSSR count). The van der Waals surface area contributed by atoms with Gasteiger partial charge in [0, 0.05) is 18.2 Å². The van der Waals surface area contributed by atoms with Crippen LogP contribution in [0.1, 0.15) is 36.8 Å². The molecule has 4 nitrogen and oxygen atoms in total. The molecule has 2 heterocycles. The van der Waals surface area contributed by atoms with Gasteiger partial charge in [-0.15, -0.1) is 11.3 Å². The summed E-state index contributed by atoms with van der Waals surface area (Å²) >= 11 is 1.66. The van der Waals surface area contributed by atoms with E-state index in [1.54, 1.807) is 23.3 Å². The van der Waals surface area contributed by atoms with Crippen LogP contribution in [0.5, 0.6) is 5.75 Å². The van der Waals surface area contributed by atoms with Gasteiger partial charge in [-0.3, -0.25) is 4.79 Å². The number of carbonyl (C=O) groups excluding carboxylic acids is 1. The Balaban J connectivity index is 1.85. The van der Waals surface area contributed by atoms with Crippen LogP contribution in [0.4, 0.5) is 0 Å². The number of hydrogen-bond donors (Lipinski definition) is 0. The highest BCUT2D eigenvalue weighted by Crippen LogP contribution is 2.35. The fraction of sp³-hybridized carbons (Fsp3) is 0.294. The molecule has 0 unspecified atom stereocenters.